The summed E-state index contributed by atoms with van der Waals surface area (Å²) < 4.78 is 5.10. The van der Waals surface area contributed by atoms with Gasteiger partial charge in [-0.15, -0.1) is 0 Å². The molecule has 0 aromatic rings. The van der Waals surface area contributed by atoms with Crippen LogP contribution in [0.4, 0.5) is 4.79 Å². The van der Waals surface area contributed by atoms with E-state index < -0.39 is 12.1 Å². The number of rotatable bonds is 4. The van der Waals surface area contributed by atoms with Crippen LogP contribution >= 0.6 is 0 Å². The molecule has 2 rings (SSSR count). The third-order valence-electron chi connectivity index (χ3n) is 4.30. The third-order valence-corrected chi connectivity index (χ3v) is 4.30. The number of carbonyl (C=O) groups excluding carboxylic acids is 1. The molecule has 2 fully saturated rings. The molecule has 0 aromatic carbocycles. The molecule has 7 nitrogen and oxygen atoms in total. The van der Waals surface area contributed by atoms with Crippen molar-refractivity contribution in [1.29, 1.82) is 0 Å². The quantitative estimate of drug-likeness (QED) is 0.775. The standard InChI is InChI=1S/C14H25N3O4/c1-16-6-3-11(4-7-16)2-5-15-14(20)17-8-9-21-12(10-17)13(18)19/h11-12H,2-10H2,1H3,(H,15,20)(H,18,19). The number of likely N-dealkylation sites (tertiary alicyclic amines) is 1. The fourth-order valence-electron chi connectivity index (χ4n) is 2.83. The number of nitrogens with zero attached hydrogens (tertiary/aromatic N) is 2. The molecule has 7 heteroatoms. The molecule has 2 amide bonds. The predicted octanol–water partition coefficient (Wildman–Crippen LogP) is 0.213. The summed E-state index contributed by atoms with van der Waals surface area (Å²) >= 11 is 0. The predicted molar refractivity (Wildman–Crippen MR) is 77.2 cm³/mol. The largest absolute Gasteiger partial charge is 0.479 e. The van der Waals surface area contributed by atoms with Crippen LogP contribution in [0.15, 0.2) is 0 Å². The van der Waals surface area contributed by atoms with E-state index in [1.54, 1.807) is 0 Å². The van der Waals surface area contributed by atoms with Crippen molar-refractivity contribution < 1.29 is 19.4 Å². The number of amides is 2. The van der Waals surface area contributed by atoms with Crippen LogP contribution in [0.5, 0.6) is 0 Å². The molecule has 0 bridgehead atoms. The van der Waals surface area contributed by atoms with Gasteiger partial charge in [0.15, 0.2) is 6.10 Å². The monoisotopic (exact) mass is 299 g/mol. The second kappa shape index (κ2) is 7.61. The van der Waals surface area contributed by atoms with Gasteiger partial charge in [-0.25, -0.2) is 9.59 Å². The molecule has 2 aliphatic rings. The average molecular weight is 299 g/mol. The molecule has 2 N–H and O–H groups in total. The molecule has 1 atom stereocenters. The molecule has 0 aliphatic carbocycles. The number of carboxylic acids is 1. The summed E-state index contributed by atoms with van der Waals surface area (Å²) in [6.07, 6.45) is 2.46. The highest BCUT2D eigenvalue weighted by Gasteiger charge is 2.28. The van der Waals surface area contributed by atoms with Gasteiger partial charge in [0.25, 0.3) is 0 Å². The Morgan fingerprint density at radius 2 is 2.00 bits per heavy atom. The summed E-state index contributed by atoms with van der Waals surface area (Å²) in [5.41, 5.74) is 0. The van der Waals surface area contributed by atoms with Crippen molar-refractivity contribution in [3.63, 3.8) is 0 Å². The van der Waals surface area contributed by atoms with Gasteiger partial charge < -0.3 is 25.0 Å². The summed E-state index contributed by atoms with van der Waals surface area (Å²) in [7, 11) is 2.13. The number of carboxylic acid groups (broad SMARTS) is 1. The van der Waals surface area contributed by atoms with Crippen LogP contribution in [0.2, 0.25) is 0 Å². The maximum absolute atomic E-state index is 12.0. The van der Waals surface area contributed by atoms with E-state index in [-0.39, 0.29) is 19.2 Å². The minimum absolute atomic E-state index is 0.120. The minimum Gasteiger partial charge on any atom is -0.479 e. The smallest absolute Gasteiger partial charge is 0.334 e. The molecule has 0 radical (unpaired) electrons. The Kier molecular flexibility index (Phi) is 5.81. The summed E-state index contributed by atoms with van der Waals surface area (Å²) in [6, 6.07) is -0.183. The lowest BCUT2D eigenvalue weighted by Crippen LogP contribution is -2.52. The molecule has 0 saturated carbocycles. The molecule has 2 saturated heterocycles. The van der Waals surface area contributed by atoms with Gasteiger partial charge in [-0.3, -0.25) is 0 Å². The Morgan fingerprint density at radius 3 is 2.67 bits per heavy atom. The Balaban J connectivity index is 1.66. The first kappa shape index (κ1) is 16.0. The number of ether oxygens (including phenoxy) is 1. The van der Waals surface area contributed by atoms with E-state index in [1.807, 2.05) is 0 Å². The topological polar surface area (TPSA) is 82.1 Å². The number of hydrogen-bond donors (Lipinski definition) is 2. The maximum Gasteiger partial charge on any atom is 0.334 e. The Labute approximate surface area is 125 Å². The minimum atomic E-state index is -1.01. The van der Waals surface area contributed by atoms with Crippen LogP contribution in [0.3, 0.4) is 0 Å². The van der Waals surface area contributed by atoms with Gasteiger partial charge in [-0.05, 0) is 45.3 Å². The van der Waals surface area contributed by atoms with Crippen molar-refractivity contribution in [2.75, 3.05) is 46.4 Å². The van der Waals surface area contributed by atoms with E-state index in [0.29, 0.717) is 19.0 Å². The highest BCUT2D eigenvalue weighted by Crippen LogP contribution is 2.18. The Bertz CT molecular complexity index is 369. The van der Waals surface area contributed by atoms with Crippen LogP contribution in [0.25, 0.3) is 0 Å². The van der Waals surface area contributed by atoms with Crippen molar-refractivity contribution in [1.82, 2.24) is 15.1 Å². The maximum atomic E-state index is 12.0. The van der Waals surface area contributed by atoms with Crippen molar-refractivity contribution >= 4 is 12.0 Å². The third kappa shape index (κ3) is 4.86. The van der Waals surface area contributed by atoms with Gasteiger partial charge in [-0.2, -0.15) is 0 Å². The number of aliphatic carboxylic acids is 1. The molecule has 0 aromatic heterocycles. The fourth-order valence-corrected chi connectivity index (χ4v) is 2.83. The van der Waals surface area contributed by atoms with Crippen molar-refractivity contribution in [3.8, 4) is 0 Å². The molecule has 21 heavy (non-hydrogen) atoms. The number of carbonyl (C=O) groups is 2. The first-order valence-corrected chi connectivity index (χ1v) is 7.62. The van der Waals surface area contributed by atoms with Gasteiger partial charge in [0, 0.05) is 13.1 Å². The van der Waals surface area contributed by atoms with E-state index in [4.69, 9.17) is 9.84 Å². The zero-order valence-corrected chi connectivity index (χ0v) is 12.6. The molecule has 2 aliphatic heterocycles. The molecular weight excluding hydrogens is 274 g/mol. The van der Waals surface area contributed by atoms with Crippen LogP contribution < -0.4 is 5.32 Å². The van der Waals surface area contributed by atoms with Gasteiger partial charge in [0.1, 0.15) is 0 Å². The number of nitrogens with one attached hydrogen (secondary N) is 1. The Hall–Kier alpha value is -1.34. The first-order valence-electron chi connectivity index (χ1n) is 7.62. The zero-order valence-electron chi connectivity index (χ0n) is 12.6. The summed E-state index contributed by atoms with van der Waals surface area (Å²) in [5, 5.41) is 11.8. The van der Waals surface area contributed by atoms with E-state index in [9.17, 15) is 9.59 Å². The summed E-state index contributed by atoms with van der Waals surface area (Å²) in [4.78, 5) is 26.8. The SMILES string of the molecule is CN1CCC(CCNC(=O)N2CCOC(C(=O)O)C2)CC1. The van der Waals surface area contributed by atoms with E-state index in [0.717, 1.165) is 19.5 Å². The highest BCUT2D eigenvalue weighted by molar-refractivity contribution is 5.77. The van der Waals surface area contributed by atoms with Crippen LogP contribution in [-0.2, 0) is 9.53 Å². The first-order chi connectivity index (χ1) is 10.1. The summed E-state index contributed by atoms with van der Waals surface area (Å²) in [5.74, 6) is -0.336. The van der Waals surface area contributed by atoms with Gasteiger partial charge >= 0.3 is 12.0 Å². The Morgan fingerprint density at radius 1 is 1.29 bits per heavy atom. The second-order valence-corrected chi connectivity index (χ2v) is 5.91. The van der Waals surface area contributed by atoms with Crippen molar-refractivity contribution in [3.05, 3.63) is 0 Å². The number of piperidine rings is 1. The van der Waals surface area contributed by atoms with Crippen molar-refractivity contribution in [2.24, 2.45) is 5.92 Å². The van der Waals surface area contributed by atoms with Gasteiger partial charge in [-0.1, -0.05) is 0 Å². The van der Waals surface area contributed by atoms with E-state index >= 15 is 0 Å². The summed E-state index contributed by atoms with van der Waals surface area (Å²) in [6.45, 7) is 3.76. The van der Waals surface area contributed by atoms with Crippen LogP contribution in [0.1, 0.15) is 19.3 Å². The number of morpholine rings is 1. The zero-order chi connectivity index (χ0) is 15.2. The van der Waals surface area contributed by atoms with E-state index in [1.165, 1.54) is 17.7 Å². The number of hydrogen-bond acceptors (Lipinski definition) is 4. The normalized spacial score (nSPS) is 24.8. The molecule has 0 spiro atoms. The molecular formula is C14H25N3O4. The molecule has 120 valence electrons. The molecule has 2 heterocycles. The van der Waals surface area contributed by atoms with E-state index in [2.05, 4.69) is 17.3 Å². The van der Waals surface area contributed by atoms with Crippen LogP contribution in [0, 0.1) is 5.92 Å². The lowest BCUT2D eigenvalue weighted by atomic mass is 9.94. The second-order valence-electron chi connectivity index (χ2n) is 5.91. The number of urea groups is 1. The van der Waals surface area contributed by atoms with Gasteiger partial charge in [0.2, 0.25) is 0 Å². The van der Waals surface area contributed by atoms with Crippen LogP contribution in [-0.4, -0.2) is 79.4 Å². The van der Waals surface area contributed by atoms with Gasteiger partial charge in [0.05, 0.1) is 13.2 Å². The highest BCUT2D eigenvalue weighted by atomic mass is 16.5. The van der Waals surface area contributed by atoms with Crippen molar-refractivity contribution in [2.45, 2.75) is 25.4 Å². The fraction of sp³-hybridized carbons (Fsp3) is 0.857. The lowest BCUT2D eigenvalue weighted by molar-refractivity contribution is -0.154. The molecule has 1 unspecified atom stereocenters. The average Bonchev–Trinajstić information content (AvgIpc) is 2.49. The lowest BCUT2D eigenvalue weighted by Gasteiger charge is -2.31.